The molecule has 0 saturated carbocycles. The van der Waals surface area contributed by atoms with Gasteiger partial charge in [-0.1, -0.05) is 39.5 Å². The largest absolute Gasteiger partial charge is 0.854 e. The summed E-state index contributed by atoms with van der Waals surface area (Å²) in [5.74, 6) is 0. The summed E-state index contributed by atoms with van der Waals surface area (Å²) in [4.78, 5) is 0. The predicted molar refractivity (Wildman–Crippen MR) is 39.6 cm³/mol. The molecule has 0 aromatic carbocycles. The van der Waals surface area contributed by atoms with E-state index in [1.165, 1.54) is 0 Å². The molecule has 0 aliphatic heterocycles. The van der Waals surface area contributed by atoms with E-state index in [1.807, 2.05) is 13.8 Å². The molecule has 3 heteroatoms. The third-order valence-corrected chi connectivity index (χ3v) is 0.996. The van der Waals surface area contributed by atoms with Crippen LogP contribution in [0.1, 0.15) is 39.5 Å². The molecule has 0 aromatic heterocycles. The van der Waals surface area contributed by atoms with Crippen LogP contribution in [-0.4, -0.2) is 13.2 Å². The van der Waals surface area contributed by atoms with Crippen LogP contribution in [0.2, 0.25) is 0 Å². The first-order valence-corrected chi connectivity index (χ1v) is 3.99. The molecule has 0 aliphatic rings. The van der Waals surface area contributed by atoms with Crippen molar-refractivity contribution in [2.24, 2.45) is 0 Å². The fourth-order valence-electron chi connectivity index (χ4n) is 0.289. The van der Waals surface area contributed by atoms with Gasteiger partial charge in [-0.25, -0.2) is 0 Å². The average molecular weight is 237 g/mol. The Kier molecular flexibility index (Phi) is 36.2. The van der Waals surface area contributed by atoms with E-state index in [-0.39, 0.29) is 39.4 Å². The molecule has 0 radical (unpaired) electrons. The first-order valence-electron chi connectivity index (χ1n) is 3.99. The van der Waals surface area contributed by atoms with Gasteiger partial charge in [-0.3, -0.25) is 0 Å². The van der Waals surface area contributed by atoms with Gasteiger partial charge in [0.15, 0.2) is 0 Å². The van der Waals surface area contributed by atoms with Crippen LogP contribution in [0.5, 0.6) is 0 Å². The molecule has 0 aliphatic carbocycles. The molecule has 0 amide bonds. The molecular weight excluding hydrogens is 219 g/mol. The van der Waals surface area contributed by atoms with Crippen molar-refractivity contribution < 1.29 is 36.4 Å². The first-order chi connectivity index (χ1) is 4.83. The Balaban J connectivity index is -0.000000107. The van der Waals surface area contributed by atoms with E-state index in [1.54, 1.807) is 0 Å². The molecule has 2 nitrogen and oxygen atoms in total. The Labute approximate surface area is 89.1 Å². The molecule has 68 valence electrons. The number of rotatable bonds is 4. The second kappa shape index (κ2) is 22.4. The van der Waals surface area contributed by atoms with Crippen LogP contribution in [0.4, 0.5) is 0 Å². The summed E-state index contributed by atoms with van der Waals surface area (Å²) in [7, 11) is 0. The zero-order valence-electron chi connectivity index (χ0n) is 7.56. The standard InChI is InChI=1S/2C4H9O.Zr/c2*1-2-3-4-5;/h2*2-4H2,1H3;/q2*-1;. The van der Waals surface area contributed by atoms with Crippen molar-refractivity contribution in [3.05, 3.63) is 0 Å². The molecule has 0 fully saturated rings. The number of hydrogen-bond donors (Lipinski definition) is 0. The van der Waals surface area contributed by atoms with Crippen molar-refractivity contribution in [2.45, 2.75) is 39.5 Å². The van der Waals surface area contributed by atoms with Crippen LogP contribution in [0, 0.1) is 0 Å². The summed E-state index contributed by atoms with van der Waals surface area (Å²) < 4.78 is 0. The van der Waals surface area contributed by atoms with Gasteiger partial charge in [-0.2, -0.15) is 0 Å². The Hall–Kier alpha value is 0.803. The first kappa shape index (κ1) is 17.8. The van der Waals surface area contributed by atoms with Crippen molar-refractivity contribution in [2.75, 3.05) is 13.2 Å². The quantitative estimate of drug-likeness (QED) is 0.705. The second-order valence-corrected chi connectivity index (χ2v) is 2.12. The monoisotopic (exact) mass is 236 g/mol. The molecule has 0 N–H and O–H groups in total. The minimum absolute atomic E-state index is 0. The minimum atomic E-state index is 0. The summed E-state index contributed by atoms with van der Waals surface area (Å²) >= 11 is 0. The fraction of sp³-hybridized carbons (Fsp3) is 1.00. The molecule has 0 spiro atoms. The Morgan fingerprint density at radius 3 is 1.09 bits per heavy atom. The van der Waals surface area contributed by atoms with Gasteiger partial charge in [0.1, 0.15) is 0 Å². The Morgan fingerprint density at radius 1 is 0.818 bits per heavy atom. The van der Waals surface area contributed by atoms with Gasteiger partial charge in [0.2, 0.25) is 0 Å². The minimum Gasteiger partial charge on any atom is -0.854 e. The van der Waals surface area contributed by atoms with Gasteiger partial charge in [0.25, 0.3) is 0 Å². The van der Waals surface area contributed by atoms with Gasteiger partial charge in [-0.05, 0) is 0 Å². The van der Waals surface area contributed by atoms with Gasteiger partial charge >= 0.3 is 0 Å². The summed E-state index contributed by atoms with van der Waals surface area (Å²) in [6, 6.07) is 0. The smallest absolute Gasteiger partial charge is 0 e. The van der Waals surface area contributed by atoms with Crippen LogP contribution in [0.25, 0.3) is 0 Å². The van der Waals surface area contributed by atoms with Crippen LogP contribution in [0.15, 0.2) is 0 Å². The molecule has 0 saturated heterocycles. The van der Waals surface area contributed by atoms with Gasteiger partial charge < -0.3 is 10.2 Å². The van der Waals surface area contributed by atoms with E-state index in [0.717, 1.165) is 25.7 Å². The van der Waals surface area contributed by atoms with E-state index >= 15 is 0 Å². The molecule has 0 rings (SSSR count). The van der Waals surface area contributed by atoms with E-state index in [0.29, 0.717) is 0 Å². The summed E-state index contributed by atoms with van der Waals surface area (Å²) in [5.41, 5.74) is 0. The summed E-state index contributed by atoms with van der Waals surface area (Å²) in [6.45, 7) is 4.21. The summed E-state index contributed by atoms with van der Waals surface area (Å²) in [6.07, 6.45) is 3.73. The Morgan fingerprint density at radius 2 is 1.09 bits per heavy atom. The third kappa shape index (κ3) is 36.3. The van der Waals surface area contributed by atoms with Crippen molar-refractivity contribution in [3.63, 3.8) is 0 Å². The van der Waals surface area contributed by atoms with Crippen molar-refractivity contribution in [1.82, 2.24) is 0 Å². The number of hydrogen-bond acceptors (Lipinski definition) is 2. The predicted octanol–water partition coefficient (Wildman–Crippen LogP) is 0.291. The molecule has 0 bridgehead atoms. The third-order valence-electron chi connectivity index (χ3n) is 0.996. The van der Waals surface area contributed by atoms with Crippen LogP contribution in [-0.2, 0) is 26.2 Å². The van der Waals surface area contributed by atoms with E-state index in [2.05, 4.69) is 0 Å². The molecule has 0 heterocycles. The normalized spacial score (nSPS) is 7.64. The van der Waals surface area contributed by atoms with Gasteiger partial charge in [-0.15, -0.1) is 13.2 Å². The van der Waals surface area contributed by atoms with E-state index in [4.69, 9.17) is 0 Å². The zero-order chi connectivity index (χ0) is 8.24. The van der Waals surface area contributed by atoms with Gasteiger partial charge in [0, 0.05) is 26.2 Å². The van der Waals surface area contributed by atoms with Gasteiger partial charge in [0.05, 0.1) is 0 Å². The van der Waals surface area contributed by atoms with Crippen molar-refractivity contribution >= 4 is 0 Å². The van der Waals surface area contributed by atoms with Crippen LogP contribution in [0.3, 0.4) is 0 Å². The number of unbranched alkanes of at least 4 members (excludes halogenated alkanes) is 2. The maximum absolute atomic E-state index is 9.53. The van der Waals surface area contributed by atoms with E-state index in [9.17, 15) is 10.2 Å². The van der Waals surface area contributed by atoms with Crippen LogP contribution < -0.4 is 10.2 Å². The molecule has 0 unspecified atom stereocenters. The molecule has 0 aromatic rings. The van der Waals surface area contributed by atoms with Crippen molar-refractivity contribution in [1.29, 1.82) is 0 Å². The van der Waals surface area contributed by atoms with E-state index < -0.39 is 0 Å². The Bertz CT molecular complexity index is 33.1. The average Bonchev–Trinajstić information content (AvgIpc) is 1.93. The zero-order valence-corrected chi connectivity index (χ0v) is 10.0. The fourth-order valence-corrected chi connectivity index (χ4v) is 0.289. The summed E-state index contributed by atoms with van der Waals surface area (Å²) in [5, 5.41) is 19.1. The molecule has 0 atom stereocenters. The SMILES string of the molecule is CCCC[O-].CCCC[O-].[Zr]. The molecular formula is C8H18O2Zr-2. The maximum atomic E-state index is 9.53. The van der Waals surface area contributed by atoms with Crippen LogP contribution >= 0.6 is 0 Å². The topological polar surface area (TPSA) is 46.1 Å². The second-order valence-electron chi connectivity index (χ2n) is 2.12. The maximum Gasteiger partial charge on any atom is 0 e. The van der Waals surface area contributed by atoms with Crippen molar-refractivity contribution in [3.8, 4) is 0 Å². The molecule has 11 heavy (non-hydrogen) atoms.